The molecular formula is C31H37FN4O2. The molecular weight excluding hydrogens is 479 g/mol. The number of piperazine rings is 1. The van der Waals surface area contributed by atoms with Gasteiger partial charge in [0.05, 0.1) is 12.1 Å². The lowest BCUT2D eigenvalue weighted by atomic mass is 9.97. The van der Waals surface area contributed by atoms with Gasteiger partial charge in [-0.05, 0) is 59.2 Å². The predicted octanol–water partition coefficient (Wildman–Crippen LogP) is 3.52. The Morgan fingerprint density at radius 1 is 0.974 bits per heavy atom. The first-order valence-electron chi connectivity index (χ1n) is 13.6. The minimum Gasteiger partial charge on any atom is -0.358 e. The minimum atomic E-state index is -0.680. The molecule has 6 nitrogen and oxygen atoms in total. The third kappa shape index (κ3) is 6.22. The van der Waals surface area contributed by atoms with Crippen molar-refractivity contribution in [3.05, 3.63) is 83.7 Å². The van der Waals surface area contributed by atoms with Gasteiger partial charge in [0, 0.05) is 32.7 Å². The third-order valence-corrected chi connectivity index (χ3v) is 8.02. The zero-order chi connectivity index (χ0) is 26.6. The zero-order valence-corrected chi connectivity index (χ0v) is 22.0. The largest absolute Gasteiger partial charge is 0.358 e. The predicted molar refractivity (Wildman–Crippen MR) is 148 cm³/mol. The van der Waals surface area contributed by atoms with Gasteiger partial charge in [-0.25, -0.2) is 4.39 Å². The van der Waals surface area contributed by atoms with Gasteiger partial charge < -0.3 is 16.0 Å². The van der Waals surface area contributed by atoms with Crippen LogP contribution in [0.4, 0.5) is 4.39 Å². The van der Waals surface area contributed by atoms with E-state index in [1.807, 2.05) is 17.0 Å². The van der Waals surface area contributed by atoms with Crippen molar-refractivity contribution in [1.29, 1.82) is 0 Å². The van der Waals surface area contributed by atoms with Gasteiger partial charge in [-0.15, -0.1) is 0 Å². The lowest BCUT2D eigenvalue weighted by Crippen LogP contribution is -2.62. The number of carbonyl (C=O) groups is 2. The number of amides is 2. The van der Waals surface area contributed by atoms with E-state index < -0.39 is 6.04 Å². The summed E-state index contributed by atoms with van der Waals surface area (Å²) in [7, 11) is 1.69. The van der Waals surface area contributed by atoms with Crippen LogP contribution in [0.3, 0.4) is 0 Å². The number of carbonyl (C=O) groups excluding carboxylic acids is 2. The number of nitrogens with one attached hydrogen (secondary N) is 1. The molecule has 7 heteroatoms. The van der Waals surface area contributed by atoms with E-state index in [1.165, 1.54) is 30.4 Å². The number of likely N-dealkylation sites (N-methyl/N-ethyl adjacent to an activating group) is 1. The minimum absolute atomic E-state index is 0.00359. The highest BCUT2D eigenvalue weighted by molar-refractivity contribution is 5.85. The molecule has 3 N–H and O–H groups in total. The molecule has 38 heavy (non-hydrogen) atoms. The van der Waals surface area contributed by atoms with Crippen molar-refractivity contribution in [2.75, 3.05) is 26.7 Å². The number of nitrogens with zero attached hydrogens (tertiary/aromatic N) is 2. The van der Waals surface area contributed by atoms with E-state index in [0.717, 1.165) is 22.9 Å². The molecule has 0 spiro atoms. The fourth-order valence-electron chi connectivity index (χ4n) is 5.71. The van der Waals surface area contributed by atoms with Crippen molar-refractivity contribution in [2.45, 2.75) is 50.2 Å². The number of nitrogens with two attached hydrogens (primary N) is 1. The number of fused-ring (bicyclic) bond motifs is 1. The van der Waals surface area contributed by atoms with Gasteiger partial charge in [0.25, 0.3) is 0 Å². The van der Waals surface area contributed by atoms with Crippen LogP contribution in [0.25, 0.3) is 10.8 Å². The van der Waals surface area contributed by atoms with E-state index in [1.54, 1.807) is 19.2 Å². The van der Waals surface area contributed by atoms with Crippen LogP contribution in [0.5, 0.6) is 0 Å². The van der Waals surface area contributed by atoms with Crippen molar-refractivity contribution >= 4 is 22.6 Å². The van der Waals surface area contributed by atoms with Crippen molar-refractivity contribution in [3.63, 3.8) is 0 Å². The molecule has 1 saturated heterocycles. The van der Waals surface area contributed by atoms with E-state index >= 15 is 0 Å². The Hall–Kier alpha value is -3.29. The molecule has 0 radical (unpaired) electrons. The molecule has 1 aliphatic heterocycles. The van der Waals surface area contributed by atoms with Crippen molar-refractivity contribution < 1.29 is 14.0 Å². The summed E-state index contributed by atoms with van der Waals surface area (Å²) in [6.07, 6.45) is 4.30. The van der Waals surface area contributed by atoms with Gasteiger partial charge in [0.15, 0.2) is 0 Å². The fraction of sp³-hybridized carbons (Fsp3) is 0.419. The Balaban J connectivity index is 1.31. The molecule has 3 unspecified atom stereocenters. The van der Waals surface area contributed by atoms with Gasteiger partial charge in [-0.2, -0.15) is 0 Å². The summed E-state index contributed by atoms with van der Waals surface area (Å²) in [5.74, 6) is 0.257. The van der Waals surface area contributed by atoms with Crippen LogP contribution in [0, 0.1) is 11.7 Å². The standard InChI is InChI=1S/C31H37FN4O2/c1-34-30(37)29(19-23-8-11-24-4-2-3-5-25(24)16-23)35-14-15-36(27(20-35)17-21-6-7-21)31(38)28(33)18-22-9-12-26(32)13-10-22/h2-5,8-13,16,21,27-29H,6-7,14-15,17-20,33H2,1H3,(H,34,37). The second-order valence-electron chi connectivity index (χ2n) is 10.8. The summed E-state index contributed by atoms with van der Waals surface area (Å²) < 4.78 is 13.3. The average molecular weight is 517 g/mol. The maximum absolute atomic E-state index is 13.5. The van der Waals surface area contributed by atoms with Gasteiger partial charge >= 0.3 is 0 Å². The topological polar surface area (TPSA) is 78.7 Å². The first-order valence-corrected chi connectivity index (χ1v) is 13.6. The molecule has 3 atom stereocenters. The molecule has 1 heterocycles. The van der Waals surface area contributed by atoms with E-state index in [0.29, 0.717) is 38.4 Å². The van der Waals surface area contributed by atoms with Crippen LogP contribution in [0.1, 0.15) is 30.4 Å². The Bertz CT molecular complexity index is 1280. The molecule has 2 fully saturated rings. The Morgan fingerprint density at radius 3 is 2.39 bits per heavy atom. The number of halogens is 1. The second-order valence-corrected chi connectivity index (χ2v) is 10.8. The van der Waals surface area contributed by atoms with Crippen molar-refractivity contribution in [3.8, 4) is 0 Å². The molecule has 3 aromatic carbocycles. The quantitative estimate of drug-likeness (QED) is 0.456. The number of hydrogen-bond acceptors (Lipinski definition) is 4. The third-order valence-electron chi connectivity index (χ3n) is 8.02. The summed E-state index contributed by atoms with van der Waals surface area (Å²) in [5.41, 5.74) is 8.34. The maximum atomic E-state index is 13.5. The van der Waals surface area contributed by atoms with Crippen LogP contribution in [0.15, 0.2) is 66.7 Å². The Labute approximate surface area is 224 Å². The van der Waals surface area contributed by atoms with E-state index in [2.05, 4.69) is 40.5 Å². The van der Waals surface area contributed by atoms with Gasteiger partial charge in [0.1, 0.15) is 5.82 Å². The SMILES string of the molecule is CNC(=O)C(Cc1ccc2ccccc2c1)N1CCN(C(=O)C(N)Cc2ccc(F)cc2)C(CC2CC2)C1. The Kier molecular flexibility index (Phi) is 8.05. The first-order chi connectivity index (χ1) is 18.4. The van der Waals surface area contributed by atoms with Crippen molar-refractivity contribution in [1.82, 2.24) is 15.1 Å². The zero-order valence-electron chi connectivity index (χ0n) is 22.0. The number of hydrogen-bond donors (Lipinski definition) is 2. The molecule has 0 bridgehead atoms. The van der Waals surface area contributed by atoms with E-state index in [-0.39, 0.29) is 29.7 Å². The van der Waals surface area contributed by atoms with Crippen molar-refractivity contribution in [2.24, 2.45) is 11.7 Å². The monoisotopic (exact) mass is 516 g/mol. The van der Waals surface area contributed by atoms with Crippen LogP contribution in [-0.2, 0) is 22.4 Å². The van der Waals surface area contributed by atoms with E-state index in [4.69, 9.17) is 5.73 Å². The van der Waals surface area contributed by atoms with Crippen LogP contribution in [-0.4, -0.2) is 66.4 Å². The molecule has 3 aromatic rings. The Morgan fingerprint density at radius 2 is 1.68 bits per heavy atom. The molecule has 5 rings (SSSR count). The summed E-state index contributed by atoms with van der Waals surface area (Å²) in [6, 6.07) is 19.8. The van der Waals surface area contributed by atoms with Crippen LogP contribution in [0.2, 0.25) is 0 Å². The summed E-state index contributed by atoms with van der Waals surface area (Å²) >= 11 is 0. The van der Waals surface area contributed by atoms with Gasteiger partial charge in [0.2, 0.25) is 11.8 Å². The lowest BCUT2D eigenvalue weighted by molar-refractivity contribution is -0.139. The molecule has 1 saturated carbocycles. The number of rotatable bonds is 9. The average Bonchev–Trinajstić information content (AvgIpc) is 3.76. The smallest absolute Gasteiger partial charge is 0.240 e. The highest BCUT2D eigenvalue weighted by Gasteiger charge is 2.39. The second kappa shape index (κ2) is 11.6. The molecule has 2 amide bonds. The fourth-order valence-corrected chi connectivity index (χ4v) is 5.71. The van der Waals surface area contributed by atoms with Crippen LogP contribution >= 0.6 is 0 Å². The highest BCUT2D eigenvalue weighted by Crippen LogP contribution is 2.36. The molecule has 200 valence electrons. The van der Waals surface area contributed by atoms with Gasteiger partial charge in [-0.3, -0.25) is 14.5 Å². The number of benzene rings is 3. The summed E-state index contributed by atoms with van der Waals surface area (Å²) in [6.45, 7) is 1.80. The normalized spacial score (nSPS) is 19.8. The van der Waals surface area contributed by atoms with E-state index in [9.17, 15) is 14.0 Å². The molecule has 2 aliphatic rings. The van der Waals surface area contributed by atoms with Crippen LogP contribution < -0.4 is 11.1 Å². The summed E-state index contributed by atoms with van der Waals surface area (Å²) in [5, 5.41) is 5.21. The van der Waals surface area contributed by atoms with Gasteiger partial charge in [-0.1, -0.05) is 67.4 Å². The highest BCUT2D eigenvalue weighted by atomic mass is 19.1. The maximum Gasteiger partial charge on any atom is 0.240 e. The molecule has 0 aromatic heterocycles. The summed E-state index contributed by atoms with van der Waals surface area (Å²) in [4.78, 5) is 30.8. The first kappa shape index (κ1) is 26.3. The lowest BCUT2D eigenvalue weighted by Gasteiger charge is -2.45. The molecule has 1 aliphatic carbocycles.